The number of rotatable bonds is 7. The first-order valence-corrected chi connectivity index (χ1v) is 8.39. The standard InChI is InChI=1S/C20H21N3O3/c1-3-25-18-7-5-4-6-17(18)22-20(24)15-8-10-16(11-9-15)26-14-19-21-12-13-23(19)2/h4-13H,3,14H2,1-2H3,(H,22,24). The third kappa shape index (κ3) is 4.22. The van der Waals surface area contributed by atoms with Gasteiger partial charge in [0.15, 0.2) is 0 Å². The van der Waals surface area contributed by atoms with E-state index in [-0.39, 0.29) is 5.91 Å². The van der Waals surface area contributed by atoms with Gasteiger partial charge in [0.2, 0.25) is 0 Å². The number of carbonyl (C=O) groups excluding carboxylic acids is 1. The average Bonchev–Trinajstić information content (AvgIpc) is 3.07. The minimum absolute atomic E-state index is 0.201. The van der Waals surface area contributed by atoms with Crippen LogP contribution >= 0.6 is 0 Å². The van der Waals surface area contributed by atoms with Crippen molar-refractivity contribution in [2.24, 2.45) is 7.05 Å². The third-order valence-corrected chi connectivity index (χ3v) is 3.84. The van der Waals surface area contributed by atoms with Gasteiger partial charge in [-0.15, -0.1) is 0 Å². The van der Waals surface area contributed by atoms with E-state index >= 15 is 0 Å². The Morgan fingerprint density at radius 3 is 2.58 bits per heavy atom. The topological polar surface area (TPSA) is 65.4 Å². The summed E-state index contributed by atoms with van der Waals surface area (Å²) in [6, 6.07) is 14.4. The molecule has 0 atom stereocenters. The maximum atomic E-state index is 12.5. The van der Waals surface area contributed by atoms with Crippen LogP contribution in [0.25, 0.3) is 0 Å². The molecule has 0 aliphatic rings. The number of anilines is 1. The van der Waals surface area contributed by atoms with Crippen molar-refractivity contribution < 1.29 is 14.3 Å². The van der Waals surface area contributed by atoms with Gasteiger partial charge in [-0.3, -0.25) is 4.79 Å². The molecule has 0 fully saturated rings. The van der Waals surface area contributed by atoms with E-state index in [1.54, 1.807) is 30.5 Å². The van der Waals surface area contributed by atoms with E-state index in [4.69, 9.17) is 9.47 Å². The van der Waals surface area contributed by atoms with E-state index in [0.717, 1.165) is 5.82 Å². The minimum atomic E-state index is -0.201. The van der Waals surface area contributed by atoms with E-state index in [1.165, 1.54) is 0 Å². The fraction of sp³-hybridized carbons (Fsp3) is 0.200. The number of nitrogens with one attached hydrogen (secondary N) is 1. The highest BCUT2D eigenvalue weighted by atomic mass is 16.5. The largest absolute Gasteiger partial charge is 0.492 e. The Kier molecular flexibility index (Phi) is 5.53. The first-order chi connectivity index (χ1) is 12.7. The number of aryl methyl sites for hydroxylation is 1. The lowest BCUT2D eigenvalue weighted by Gasteiger charge is -2.11. The van der Waals surface area contributed by atoms with E-state index < -0.39 is 0 Å². The number of hydrogen-bond acceptors (Lipinski definition) is 4. The molecule has 3 rings (SSSR count). The molecule has 1 N–H and O–H groups in total. The molecule has 0 saturated heterocycles. The molecule has 26 heavy (non-hydrogen) atoms. The number of hydrogen-bond donors (Lipinski definition) is 1. The Hall–Kier alpha value is -3.28. The normalized spacial score (nSPS) is 10.4. The van der Waals surface area contributed by atoms with Gasteiger partial charge in [-0.25, -0.2) is 4.98 Å². The van der Waals surface area contributed by atoms with Crippen molar-refractivity contribution in [1.29, 1.82) is 0 Å². The van der Waals surface area contributed by atoms with Crippen LogP contribution in [0.3, 0.4) is 0 Å². The zero-order chi connectivity index (χ0) is 18.4. The van der Waals surface area contributed by atoms with Crippen LogP contribution < -0.4 is 14.8 Å². The highest BCUT2D eigenvalue weighted by Crippen LogP contribution is 2.24. The third-order valence-electron chi connectivity index (χ3n) is 3.84. The number of aromatic nitrogens is 2. The van der Waals surface area contributed by atoms with Crippen molar-refractivity contribution in [1.82, 2.24) is 9.55 Å². The van der Waals surface area contributed by atoms with Gasteiger partial charge < -0.3 is 19.4 Å². The van der Waals surface area contributed by atoms with Crippen LogP contribution in [0.1, 0.15) is 23.1 Å². The summed E-state index contributed by atoms with van der Waals surface area (Å²) >= 11 is 0. The van der Waals surface area contributed by atoms with Crippen molar-refractivity contribution in [2.75, 3.05) is 11.9 Å². The number of amides is 1. The molecule has 0 bridgehead atoms. The second-order valence-electron chi connectivity index (χ2n) is 5.65. The summed E-state index contributed by atoms with van der Waals surface area (Å²) in [5, 5.41) is 2.87. The molecule has 1 heterocycles. The van der Waals surface area contributed by atoms with Crippen LogP contribution in [-0.2, 0) is 13.7 Å². The lowest BCUT2D eigenvalue weighted by atomic mass is 10.2. The van der Waals surface area contributed by atoms with Crippen molar-refractivity contribution in [3.8, 4) is 11.5 Å². The summed E-state index contributed by atoms with van der Waals surface area (Å²) < 4.78 is 13.1. The maximum Gasteiger partial charge on any atom is 0.255 e. The molecule has 3 aromatic rings. The molecule has 0 aliphatic heterocycles. The lowest BCUT2D eigenvalue weighted by Crippen LogP contribution is -2.13. The summed E-state index contributed by atoms with van der Waals surface area (Å²) in [6.07, 6.45) is 3.60. The van der Waals surface area contributed by atoms with Crippen LogP contribution in [0.4, 0.5) is 5.69 Å². The van der Waals surface area contributed by atoms with Crippen LogP contribution in [0.5, 0.6) is 11.5 Å². The molecule has 0 spiro atoms. The molecule has 0 saturated carbocycles. The molecule has 1 amide bonds. The Bertz CT molecular complexity index is 872. The van der Waals surface area contributed by atoms with Crippen molar-refractivity contribution in [3.05, 3.63) is 72.3 Å². The van der Waals surface area contributed by atoms with Crippen LogP contribution in [0.2, 0.25) is 0 Å². The molecule has 2 aromatic carbocycles. The molecule has 1 aromatic heterocycles. The van der Waals surface area contributed by atoms with E-state index in [0.29, 0.717) is 36.0 Å². The molecule has 0 aliphatic carbocycles. The van der Waals surface area contributed by atoms with Gasteiger partial charge in [0, 0.05) is 25.0 Å². The Labute approximate surface area is 152 Å². The minimum Gasteiger partial charge on any atom is -0.492 e. The number of ether oxygens (including phenoxy) is 2. The molecule has 134 valence electrons. The Balaban J connectivity index is 1.63. The summed E-state index contributed by atoms with van der Waals surface area (Å²) in [4.78, 5) is 16.7. The quantitative estimate of drug-likeness (QED) is 0.706. The van der Waals surface area contributed by atoms with Gasteiger partial charge in [-0.1, -0.05) is 12.1 Å². The first-order valence-electron chi connectivity index (χ1n) is 8.39. The molecular formula is C20H21N3O3. The zero-order valence-electron chi connectivity index (χ0n) is 14.8. The van der Waals surface area contributed by atoms with Crippen molar-refractivity contribution >= 4 is 11.6 Å². The highest BCUT2D eigenvalue weighted by molar-refractivity contribution is 6.05. The average molecular weight is 351 g/mol. The number of carbonyl (C=O) groups is 1. The zero-order valence-corrected chi connectivity index (χ0v) is 14.8. The summed E-state index contributed by atoms with van der Waals surface area (Å²) in [5.74, 6) is 1.96. The second kappa shape index (κ2) is 8.20. The molecule has 0 unspecified atom stereocenters. The Morgan fingerprint density at radius 2 is 1.88 bits per heavy atom. The predicted molar refractivity (Wildman–Crippen MR) is 99.5 cm³/mol. The van der Waals surface area contributed by atoms with Crippen LogP contribution in [0.15, 0.2) is 60.9 Å². The fourth-order valence-corrected chi connectivity index (χ4v) is 2.43. The van der Waals surface area contributed by atoms with E-state index in [1.807, 2.05) is 49.0 Å². The SMILES string of the molecule is CCOc1ccccc1NC(=O)c1ccc(OCc2nccn2C)cc1. The summed E-state index contributed by atoms with van der Waals surface area (Å²) in [5.41, 5.74) is 1.19. The predicted octanol–water partition coefficient (Wildman–Crippen LogP) is 3.65. The summed E-state index contributed by atoms with van der Waals surface area (Å²) in [7, 11) is 1.92. The van der Waals surface area contributed by atoms with Crippen LogP contribution in [0, 0.1) is 0 Å². The van der Waals surface area contributed by atoms with Gasteiger partial charge in [0.25, 0.3) is 5.91 Å². The lowest BCUT2D eigenvalue weighted by molar-refractivity contribution is 0.102. The smallest absolute Gasteiger partial charge is 0.255 e. The van der Waals surface area contributed by atoms with Gasteiger partial charge >= 0.3 is 0 Å². The monoisotopic (exact) mass is 351 g/mol. The van der Waals surface area contributed by atoms with Gasteiger partial charge in [-0.2, -0.15) is 0 Å². The molecular weight excluding hydrogens is 330 g/mol. The van der Waals surface area contributed by atoms with Gasteiger partial charge in [-0.05, 0) is 43.3 Å². The van der Waals surface area contributed by atoms with Gasteiger partial charge in [0.1, 0.15) is 23.9 Å². The molecule has 6 heteroatoms. The summed E-state index contributed by atoms with van der Waals surface area (Å²) in [6.45, 7) is 2.81. The van der Waals surface area contributed by atoms with E-state index in [2.05, 4.69) is 10.3 Å². The number of nitrogens with zero attached hydrogens (tertiary/aromatic N) is 2. The second-order valence-corrected chi connectivity index (χ2v) is 5.65. The first kappa shape index (κ1) is 17.5. The van der Waals surface area contributed by atoms with Crippen LogP contribution in [-0.4, -0.2) is 22.1 Å². The number of para-hydroxylation sites is 2. The van der Waals surface area contributed by atoms with E-state index in [9.17, 15) is 4.79 Å². The fourth-order valence-electron chi connectivity index (χ4n) is 2.43. The molecule has 6 nitrogen and oxygen atoms in total. The maximum absolute atomic E-state index is 12.5. The molecule has 0 radical (unpaired) electrons. The van der Waals surface area contributed by atoms with Crippen molar-refractivity contribution in [2.45, 2.75) is 13.5 Å². The van der Waals surface area contributed by atoms with Crippen molar-refractivity contribution in [3.63, 3.8) is 0 Å². The number of imidazole rings is 1. The van der Waals surface area contributed by atoms with Gasteiger partial charge in [0.05, 0.1) is 12.3 Å². The Morgan fingerprint density at radius 1 is 1.12 bits per heavy atom. The highest BCUT2D eigenvalue weighted by Gasteiger charge is 2.10. The number of benzene rings is 2.